The lowest BCUT2D eigenvalue weighted by Gasteiger charge is -2.08. The van der Waals surface area contributed by atoms with Crippen molar-refractivity contribution in [2.45, 2.75) is 20.4 Å². The van der Waals surface area contributed by atoms with Crippen LogP contribution >= 0.6 is 27.3 Å². The van der Waals surface area contributed by atoms with Crippen LogP contribution in [0, 0.1) is 13.8 Å². The standard InChI is InChI=1S/C12H13BrN4O2S/c1-6-8(3-10(20-6)11(18)16-14)5-17-7(2)15-4-9(13)12(17)19/h3-4H,5,14H2,1-2H3,(H,16,18). The second-order valence-corrected chi connectivity index (χ2v) is 6.32. The van der Waals surface area contributed by atoms with E-state index in [-0.39, 0.29) is 11.5 Å². The summed E-state index contributed by atoms with van der Waals surface area (Å²) in [7, 11) is 0. The van der Waals surface area contributed by atoms with Crippen LogP contribution in [0.25, 0.3) is 0 Å². The third kappa shape index (κ3) is 2.82. The number of nitrogens with two attached hydrogens (primary N) is 1. The maximum atomic E-state index is 12.1. The Kier molecular flexibility index (Phi) is 4.36. The first-order chi connectivity index (χ1) is 9.43. The van der Waals surface area contributed by atoms with Crippen molar-refractivity contribution in [3.63, 3.8) is 0 Å². The predicted molar refractivity (Wildman–Crippen MR) is 80.7 cm³/mol. The monoisotopic (exact) mass is 356 g/mol. The molecule has 6 nitrogen and oxygen atoms in total. The summed E-state index contributed by atoms with van der Waals surface area (Å²) in [5.41, 5.74) is 2.86. The van der Waals surface area contributed by atoms with Gasteiger partial charge < -0.3 is 0 Å². The smallest absolute Gasteiger partial charge is 0.275 e. The number of halogens is 1. The van der Waals surface area contributed by atoms with E-state index >= 15 is 0 Å². The van der Waals surface area contributed by atoms with E-state index in [1.54, 1.807) is 17.6 Å². The van der Waals surface area contributed by atoms with Gasteiger partial charge in [-0.25, -0.2) is 10.8 Å². The first kappa shape index (κ1) is 14.9. The SMILES string of the molecule is Cc1sc(C(=O)NN)cc1Cn1c(C)ncc(Br)c1=O. The van der Waals surface area contributed by atoms with Crippen molar-refractivity contribution in [1.29, 1.82) is 0 Å². The minimum atomic E-state index is -0.333. The number of nitrogens with zero attached hydrogens (tertiary/aromatic N) is 2. The number of hydrogen-bond acceptors (Lipinski definition) is 5. The highest BCUT2D eigenvalue weighted by atomic mass is 79.9. The molecule has 2 heterocycles. The molecule has 0 atom stereocenters. The average Bonchev–Trinajstić information content (AvgIpc) is 2.79. The zero-order chi connectivity index (χ0) is 14.9. The zero-order valence-corrected chi connectivity index (χ0v) is 13.3. The van der Waals surface area contributed by atoms with Gasteiger partial charge >= 0.3 is 0 Å². The number of hydrogen-bond donors (Lipinski definition) is 2. The summed E-state index contributed by atoms with van der Waals surface area (Å²) in [4.78, 5) is 29.2. The number of amides is 1. The number of aromatic nitrogens is 2. The molecule has 0 aliphatic rings. The number of thiophene rings is 1. The molecule has 0 unspecified atom stereocenters. The van der Waals surface area contributed by atoms with E-state index in [2.05, 4.69) is 26.3 Å². The van der Waals surface area contributed by atoms with Crippen LogP contribution < -0.4 is 16.8 Å². The Labute approximate surface area is 127 Å². The minimum absolute atomic E-state index is 0.145. The summed E-state index contributed by atoms with van der Waals surface area (Å²) in [6.45, 7) is 4.04. The molecule has 0 saturated heterocycles. The van der Waals surface area contributed by atoms with Crippen LogP contribution in [-0.4, -0.2) is 15.5 Å². The van der Waals surface area contributed by atoms with E-state index in [1.807, 2.05) is 6.92 Å². The molecule has 3 N–H and O–H groups in total. The highest BCUT2D eigenvalue weighted by Crippen LogP contribution is 2.22. The topological polar surface area (TPSA) is 90.0 Å². The number of rotatable bonds is 3. The Morgan fingerprint density at radius 2 is 2.25 bits per heavy atom. The predicted octanol–water partition coefficient (Wildman–Crippen LogP) is 1.34. The lowest BCUT2D eigenvalue weighted by atomic mass is 10.2. The molecule has 0 saturated carbocycles. The van der Waals surface area contributed by atoms with E-state index in [1.165, 1.54) is 17.5 Å². The Bertz CT molecular complexity index is 723. The van der Waals surface area contributed by atoms with E-state index in [4.69, 9.17) is 5.84 Å². The molecule has 0 aromatic carbocycles. The van der Waals surface area contributed by atoms with Gasteiger partial charge in [0.15, 0.2) is 0 Å². The van der Waals surface area contributed by atoms with E-state index < -0.39 is 0 Å². The molecule has 2 aromatic heterocycles. The van der Waals surface area contributed by atoms with Crippen molar-refractivity contribution in [3.05, 3.63) is 48.2 Å². The van der Waals surface area contributed by atoms with E-state index in [0.29, 0.717) is 21.7 Å². The van der Waals surface area contributed by atoms with E-state index in [9.17, 15) is 9.59 Å². The molecule has 0 aliphatic carbocycles. The summed E-state index contributed by atoms with van der Waals surface area (Å²) in [5, 5.41) is 0. The van der Waals surface area contributed by atoms with Gasteiger partial charge in [-0.1, -0.05) is 0 Å². The number of carbonyl (C=O) groups is 1. The van der Waals surface area contributed by atoms with Crippen molar-refractivity contribution < 1.29 is 4.79 Å². The molecule has 8 heteroatoms. The highest BCUT2D eigenvalue weighted by molar-refractivity contribution is 9.10. The van der Waals surface area contributed by atoms with Gasteiger partial charge in [0.25, 0.3) is 11.5 Å². The molecule has 2 aromatic rings. The molecule has 0 aliphatic heterocycles. The number of carbonyl (C=O) groups excluding carboxylic acids is 1. The second-order valence-electron chi connectivity index (χ2n) is 4.21. The van der Waals surface area contributed by atoms with Crippen LogP contribution in [0.1, 0.15) is 25.9 Å². The van der Waals surface area contributed by atoms with Crippen LogP contribution in [-0.2, 0) is 6.54 Å². The fourth-order valence-corrected chi connectivity index (χ4v) is 3.02. The Morgan fingerprint density at radius 1 is 1.55 bits per heavy atom. The van der Waals surface area contributed by atoms with Crippen LogP contribution in [0.5, 0.6) is 0 Å². The fraction of sp³-hybridized carbons (Fsp3) is 0.250. The molecular formula is C12H13BrN4O2S. The van der Waals surface area contributed by atoms with Crippen molar-refractivity contribution in [2.75, 3.05) is 0 Å². The van der Waals surface area contributed by atoms with Gasteiger partial charge in [0.1, 0.15) is 10.3 Å². The van der Waals surface area contributed by atoms with Crippen molar-refractivity contribution in [1.82, 2.24) is 15.0 Å². The second kappa shape index (κ2) is 5.86. The zero-order valence-electron chi connectivity index (χ0n) is 10.9. The Morgan fingerprint density at radius 3 is 2.90 bits per heavy atom. The minimum Gasteiger partial charge on any atom is -0.291 e. The van der Waals surface area contributed by atoms with Crippen LogP contribution in [0.15, 0.2) is 21.5 Å². The Balaban J connectivity index is 2.41. The summed E-state index contributed by atoms with van der Waals surface area (Å²) in [6.07, 6.45) is 1.49. The average molecular weight is 357 g/mol. The molecule has 0 spiro atoms. The molecule has 2 rings (SSSR count). The maximum Gasteiger partial charge on any atom is 0.275 e. The number of nitrogen functional groups attached to an aromatic ring is 1. The number of hydrazine groups is 1. The lowest BCUT2D eigenvalue weighted by molar-refractivity contribution is 0.0957. The van der Waals surface area contributed by atoms with Crippen LogP contribution in [0.2, 0.25) is 0 Å². The summed E-state index contributed by atoms with van der Waals surface area (Å²) in [6, 6.07) is 1.75. The molecule has 0 bridgehead atoms. The van der Waals surface area contributed by atoms with Crippen molar-refractivity contribution >= 4 is 33.2 Å². The fourth-order valence-electron chi connectivity index (χ4n) is 1.77. The third-order valence-corrected chi connectivity index (χ3v) is 4.54. The Hall–Kier alpha value is -1.51. The first-order valence-corrected chi connectivity index (χ1v) is 7.37. The van der Waals surface area contributed by atoms with Gasteiger partial charge in [-0.05, 0) is 41.4 Å². The normalized spacial score (nSPS) is 10.6. The lowest BCUT2D eigenvalue weighted by Crippen LogP contribution is -2.29. The summed E-state index contributed by atoms with van der Waals surface area (Å²) >= 11 is 4.52. The molecule has 0 radical (unpaired) electrons. The van der Waals surface area contributed by atoms with Gasteiger partial charge in [-0.15, -0.1) is 11.3 Å². The quantitative estimate of drug-likeness (QED) is 0.493. The largest absolute Gasteiger partial charge is 0.291 e. The van der Waals surface area contributed by atoms with Gasteiger partial charge in [-0.3, -0.25) is 19.6 Å². The highest BCUT2D eigenvalue weighted by Gasteiger charge is 2.13. The van der Waals surface area contributed by atoms with Crippen molar-refractivity contribution in [3.8, 4) is 0 Å². The molecule has 0 fully saturated rings. The maximum absolute atomic E-state index is 12.1. The molecule has 1 amide bonds. The van der Waals surface area contributed by atoms with Crippen molar-refractivity contribution in [2.24, 2.45) is 5.84 Å². The number of aryl methyl sites for hydroxylation is 2. The summed E-state index contributed by atoms with van der Waals surface area (Å²) < 4.78 is 1.97. The van der Waals surface area contributed by atoms with Gasteiger partial charge in [0, 0.05) is 11.1 Å². The van der Waals surface area contributed by atoms with Crippen LogP contribution in [0.4, 0.5) is 0 Å². The summed E-state index contributed by atoms with van der Waals surface area (Å²) in [5.74, 6) is 5.41. The molecule has 20 heavy (non-hydrogen) atoms. The van der Waals surface area contributed by atoms with Crippen LogP contribution in [0.3, 0.4) is 0 Å². The van der Waals surface area contributed by atoms with Gasteiger partial charge in [0.2, 0.25) is 0 Å². The molecular weight excluding hydrogens is 344 g/mol. The van der Waals surface area contributed by atoms with Gasteiger partial charge in [-0.2, -0.15) is 0 Å². The third-order valence-electron chi connectivity index (χ3n) is 2.91. The first-order valence-electron chi connectivity index (χ1n) is 5.76. The van der Waals surface area contributed by atoms with Gasteiger partial charge in [0.05, 0.1) is 11.4 Å². The van der Waals surface area contributed by atoms with E-state index in [0.717, 1.165) is 10.4 Å². The number of nitrogens with one attached hydrogen (secondary N) is 1. The molecule has 106 valence electrons.